The minimum absolute atomic E-state index is 0.0102. The summed E-state index contributed by atoms with van der Waals surface area (Å²) in [5.41, 5.74) is 0.548. The molecule has 1 saturated carbocycles. The molecule has 1 aliphatic carbocycles. The van der Waals surface area contributed by atoms with Crippen LogP contribution in [0.4, 0.5) is 4.79 Å². The number of hydrogen-bond donors (Lipinski definition) is 2. The molecule has 3 amide bonds. The molecule has 13 nitrogen and oxygen atoms in total. The third-order valence-electron chi connectivity index (χ3n) is 6.67. The fraction of sp³-hybridized carbons (Fsp3) is 0.481. The smallest absolute Gasteiger partial charge is 0.409 e. The number of hydrogen-bond acceptors (Lipinski definition) is 8. The molecule has 0 bridgehead atoms. The van der Waals surface area contributed by atoms with Crippen LogP contribution >= 0.6 is 0 Å². The fourth-order valence-electron chi connectivity index (χ4n) is 4.30. The van der Waals surface area contributed by atoms with Crippen molar-refractivity contribution in [1.29, 1.82) is 0 Å². The topological polar surface area (TPSA) is 160 Å². The van der Waals surface area contributed by atoms with E-state index in [9.17, 15) is 29.1 Å². The van der Waals surface area contributed by atoms with Crippen LogP contribution in [-0.2, 0) is 19.1 Å². The number of para-hydroxylation sites is 1. The van der Waals surface area contributed by atoms with Crippen LogP contribution in [0.25, 0.3) is 5.69 Å². The minimum Gasteiger partial charge on any atom is -0.481 e. The molecular formula is C27H33N5O8. The zero-order chi connectivity index (χ0) is 28.6. The van der Waals surface area contributed by atoms with Gasteiger partial charge in [-0.25, -0.2) is 9.48 Å². The molecule has 2 aliphatic rings. The molecule has 1 saturated heterocycles. The van der Waals surface area contributed by atoms with E-state index in [2.05, 4.69) is 10.4 Å². The number of amides is 3. The van der Waals surface area contributed by atoms with Gasteiger partial charge in [0.15, 0.2) is 11.5 Å². The molecule has 0 spiro atoms. The number of Topliss-reactive ketones (excluding diaryl/α,β-unsaturated/α-hetero) is 1. The maximum absolute atomic E-state index is 13.3. The van der Waals surface area contributed by atoms with E-state index in [0.29, 0.717) is 5.69 Å². The highest BCUT2D eigenvalue weighted by Gasteiger charge is 2.32. The Kier molecular flexibility index (Phi) is 9.35. The summed E-state index contributed by atoms with van der Waals surface area (Å²) in [6.07, 6.45) is 0.761. The molecule has 2 heterocycles. The zero-order valence-electron chi connectivity index (χ0n) is 22.3. The highest BCUT2D eigenvalue weighted by molar-refractivity contribution is 5.96. The summed E-state index contributed by atoms with van der Waals surface area (Å²) in [5, 5.41) is 16.2. The van der Waals surface area contributed by atoms with E-state index in [0.717, 1.165) is 12.8 Å². The van der Waals surface area contributed by atoms with E-state index >= 15 is 0 Å². The fourth-order valence-corrected chi connectivity index (χ4v) is 4.30. The second kappa shape index (κ2) is 13.1. The summed E-state index contributed by atoms with van der Waals surface area (Å²) in [6.45, 7) is 2.74. The molecule has 1 aromatic carbocycles. The number of ether oxygens (including phenoxy) is 2. The first kappa shape index (κ1) is 28.6. The Bertz CT molecular complexity index is 1230. The van der Waals surface area contributed by atoms with E-state index in [1.807, 2.05) is 6.07 Å². The largest absolute Gasteiger partial charge is 0.481 e. The number of carboxylic acids is 1. The van der Waals surface area contributed by atoms with Crippen LogP contribution in [0.3, 0.4) is 0 Å². The number of nitrogens with one attached hydrogen (secondary N) is 1. The minimum atomic E-state index is -1.12. The second-order valence-electron chi connectivity index (χ2n) is 9.61. The van der Waals surface area contributed by atoms with Gasteiger partial charge in [0.2, 0.25) is 11.8 Å². The van der Waals surface area contributed by atoms with E-state index < -0.39 is 29.9 Å². The third-order valence-corrected chi connectivity index (χ3v) is 6.67. The molecule has 2 aromatic rings. The van der Waals surface area contributed by atoms with Crippen molar-refractivity contribution >= 4 is 29.7 Å². The Morgan fingerprint density at radius 1 is 1.05 bits per heavy atom. The molecular weight excluding hydrogens is 522 g/mol. The monoisotopic (exact) mass is 555 g/mol. The van der Waals surface area contributed by atoms with Crippen molar-refractivity contribution in [2.75, 3.05) is 39.4 Å². The number of aliphatic carboxylic acids is 1. The van der Waals surface area contributed by atoms with Crippen molar-refractivity contribution in [3.05, 3.63) is 42.1 Å². The van der Waals surface area contributed by atoms with Crippen molar-refractivity contribution in [3.8, 4) is 11.6 Å². The molecule has 1 aromatic heterocycles. The predicted molar refractivity (Wildman–Crippen MR) is 140 cm³/mol. The van der Waals surface area contributed by atoms with Crippen molar-refractivity contribution in [1.82, 2.24) is 24.9 Å². The van der Waals surface area contributed by atoms with Crippen molar-refractivity contribution < 1.29 is 38.6 Å². The summed E-state index contributed by atoms with van der Waals surface area (Å²) < 4.78 is 12.1. The van der Waals surface area contributed by atoms with Gasteiger partial charge in [-0.3, -0.25) is 19.2 Å². The number of rotatable bonds is 12. The number of aromatic nitrogens is 2. The maximum atomic E-state index is 13.3. The van der Waals surface area contributed by atoms with Gasteiger partial charge < -0.3 is 29.7 Å². The number of ketones is 1. The molecule has 13 heteroatoms. The SMILES string of the molecule is CCOC(=O)N1CCN(C(=O)C(CCC(=O)O)NC(=O)c2cc(OCC(=O)C3CC3)n(-c3ccccc3)n2)CC1. The van der Waals surface area contributed by atoms with Crippen LogP contribution < -0.4 is 10.1 Å². The van der Waals surface area contributed by atoms with Crippen molar-refractivity contribution in [3.63, 3.8) is 0 Å². The lowest BCUT2D eigenvalue weighted by molar-refractivity contribution is -0.138. The number of piperazine rings is 1. The van der Waals surface area contributed by atoms with Crippen LogP contribution in [0.1, 0.15) is 43.1 Å². The number of carbonyl (C=O) groups excluding carboxylic acids is 4. The van der Waals surface area contributed by atoms with E-state index in [-0.39, 0.29) is 75.5 Å². The molecule has 0 radical (unpaired) electrons. The van der Waals surface area contributed by atoms with Gasteiger partial charge in [0.1, 0.15) is 12.6 Å². The summed E-state index contributed by atoms with van der Waals surface area (Å²) >= 11 is 0. The average molecular weight is 556 g/mol. The Hall–Kier alpha value is -4.42. The highest BCUT2D eigenvalue weighted by Crippen LogP contribution is 2.30. The summed E-state index contributed by atoms with van der Waals surface area (Å²) in [4.78, 5) is 65.0. The lowest BCUT2D eigenvalue weighted by atomic mass is 10.1. The van der Waals surface area contributed by atoms with Gasteiger partial charge in [-0.2, -0.15) is 5.10 Å². The van der Waals surface area contributed by atoms with Gasteiger partial charge in [0.05, 0.1) is 12.3 Å². The normalized spacial score (nSPS) is 15.7. The van der Waals surface area contributed by atoms with Gasteiger partial charge >= 0.3 is 12.1 Å². The van der Waals surface area contributed by atoms with E-state index in [1.165, 1.54) is 20.5 Å². The Morgan fingerprint density at radius 2 is 1.73 bits per heavy atom. The van der Waals surface area contributed by atoms with Crippen molar-refractivity contribution in [2.24, 2.45) is 5.92 Å². The highest BCUT2D eigenvalue weighted by atomic mass is 16.6. The Morgan fingerprint density at radius 3 is 2.35 bits per heavy atom. The van der Waals surface area contributed by atoms with E-state index in [4.69, 9.17) is 9.47 Å². The first-order chi connectivity index (χ1) is 19.3. The standard InChI is InChI=1S/C27H33N5O8/c1-2-39-27(38)31-14-12-30(13-15-31)26(37)20(10-11-24(34)35)28-25(36)21-16-23(40-17-22(33)18-8-9-18)32(29-21)19-6-4-3-5-7-19/h3-7,16,18,20H,2,8-15,17H2,1H3,(H,28,36)(H,34,35). The zero-order valence-corrected chi connectivity index (χ0v) is 22.3. The number of carboxylic acid groups (broad SMARTS) is 1. The first-order valence-corrected chi connectivity index (χ1v) is 13.3. The lowest BCUT2D eigenvalue weighted by Gasteiger charge is -2.35. The van der Waals surface area contributed by atoms with Crippen LogP contribution in [0.15, 0.2) is 36.4 Å². The second-order valence-corrected chi connectivity index (χ2v) is 9.61. The van der Waals surface area contributed by atoms with Crippen LogP contribution in [-0.4, -0.2) is 99.8 Å². The number of benzene rings is 1. The molecule has 1 aliphatic heterocycles. The van der Waals surface area contributed by atoms with Gasteiger partial charge in [-0.05, 0) is 38.3 Å². The van der Waals surface area contributed by atoms with Crippen LogP contribution in [0.5, 0.6) is 5.88 Å². The van der Waals surface area contributed by atoms with Crippen LogP contribution in [0.2, 0.25) is 0 Å². The van der Waals surface area contributed by atoms with Crippen LogP contribution in [0, 0.1) is 5.92 Å². The van der Waals surface area contributed by atoms with Gasteiger partial charge in [0.25, 0.3) is 5.91 Å². The Balaban J connectivity index is 1.48. The quantitative estimate of drug-likeness (QED) is 0.395. The molecule has 2 fully saturated rings. The summed E-state index contributed by atoms with van der Waals surface area (Å²) in [5.74, 6) is -2.07. The predicted octanol–water partition coefficient (Wildman–Crippen LogP) is 1.49. The lowest BCUT2D eigenvalue weighted by Crippen LogP contribution is -2.56. The van der Waals surface area contributed by atoms with Gasteiger partial charge in [0, 0.05) is 44.6 Å². The average Bonchev–Trinajstić information content (AvgIpc) is 3.73. The molecule has 40 heavy (non-hydrogen) atoms. The van der Waals surface area contributed by atoms with E-state index in [1.54, 1.807) is 31.2 Å². The van der Waals surface area contributed by atoms with Crippen molar-refractivity contribution in [2.45, 2.75) is 38.6 Å². The third kappa shape index (κ3) is 7.36. The van der Waals surface area contributed by atoms with Gasteiger partial charge in [-0.1, -0.05) is 18.2 Å². The number of carbonyl (C=O) groups is 5. The van der Waals surface area contributed by atoms with Gasteiger partial charge in [-0.15, -0.1) is 0 Å². The molecule has 4 rings (SSSR count). The number of nitrogens with zero attached hydrogens (tertiary/aromatic N) is 4. The summed E-state index contributed by atoms with van der Waals surface area (Å²) in [7, 11) is 0. The molecule has 1 unspecified atom stereocenters. The molecule has 1 atom stereocenters. The summed E-state index contributed by atoms with van der Waals surface area (Å²) in [6, 6.07) is 9.19. The first-order valence-electron chi connectivity index (χ1n) is 13.3. The molecule has 214 valence electrons. The maximum Gasteiger partial charge on any atom is 0.409 e. The Labute approximate surface area is 231 Å². The molecule has 2 N–H and O–H groups in total.